The van der Waals surface area contributed by atoms with Gasteiger partial charge in [0.05, 0.1) is 10.0 Å². The van der Waals surface area contributed by atoms with Crippen LogP contribution in [0.25, 0.3) is 0 Å². The monoisotopic (exact) mass is 354 g/mol. The molecule has 0 saturated heterocycles. The topological polar surface area (TPSA) is 68.3 Å². The van der Waals surface area contributed by atoms with Crippen molar-refractivity contribution in [2.75, 3.05) is 0 Å². The zero-order chi connectivity index (χ0) is 15.0. The lowest BCUT2D eigenvalue weighted by atomic mass is 10.2. The Balaban J connectivity index is 3.68. The van der Waals surface area contributed by atoms with Crippen molar-refractivity contribution in [2.24, 2.45) is 0 Å². The maximum Gasteiger partial charge on any atom is 0.502 e. The summed E-state index contributed by atoms with van der Waals surface area (Å²) in [6, 6.07) is 2.51. The summed E-state index contributed by atoms with van der Waals surface area (Å²) in [5.74, 6) is 0. The standard InChI is InChI=1S/C8H3Cl2F3O4S2/c9-5-2-1-4(3-6(5)10)7(18(14)15)19(16,17)8(11,12)13/h1-3H. The lowest BCUT2D eigenvalue weighted by molar-refractivity contribution is -0.0416. The third kappa shape index (κ3) is 3.22. The van der Waals surface area contributed by atoms with Crippen molar-refractivity contribution in [1.29, 1.82) is 0 Å². The quantitative estimate of drug-likeness (QED) is 0.725. The Morgan fingerprint density at radius 2 is 1.63 bits per heavy atom. The predicted octanol–water partition coefficient (Wildman–Crippen LogP) is 2.29. The van der Waals surface area contributed by atoms with Crippen LogP contribution >= 0.6 is 23.2 Å². The number of benzene rings is 1. The van der Waals surface area contributed by atoms with Crippen LogP contribution in [0.4, 0.5) is 13.2 Å². The van der Waals surface area contributed by atoms with Crippen LogP contribution in [0.5, 0.6) is 0 Å². The summed E-state index contributed by atoms with van der Waals surface area (Å²) in [4.78, 5) is 0. The molecule has 0 bridgehead atoms. The van der Waals surface area contributed by atoms with Gasteiger partial charge in [-0.25, -0.2) is 8.42 Å². The van der Waals surface area contributed by atoms with E-state index in [0.717, 1.165) is 18.2 Å². The minimum absolute atomic E-state index is 0.0640. The Labute approximate surface area is 117 Å². The number of hydrogen-bond acceptors (Lipinski definition) is 4. The van der Waals surface area contributed by atoms with Gasteiger partial charge in [-0.15, -0.1) is 0 Å². The first kappa shape index (κ1) is 16.3. The van der Waals surface area contributed by atoms with E-state index in [9.17, 15) is 30.0 Å². The normalized spacial score (nSPS) is 12.3. The first-order valence-electron chi connectivity index (χ1n) is 4.21. The summed E-state index contributed by atoms with van der Waals surface area (Å²) in [6.07, 6.45) is 0. The van der Waals surface area contributed by atoms with Crippen LogP contribution in [0.1, 0.15) is 5.56 Å². The van der Waals surface area contributed by atoms with E-state index in [4.69, 9.17) is 23.2 Å². The third-order valence-electron chi connectivity index (χ3n) is 1.86. The molecule has 0 aliphatic rings. The third-order valence-corrected chi connectivity index (χ3v) is 5.53. The van der Waals surface area contributed by atoms with Gasteiger partial charge in [-0.05, 0) is 12.1 Å². The van der Waals surface area contributed by atoms with E-state index in [2.05, 4.69) is 0 Å². The molecule has 0 amide bonds. The van der Waals surface area contributed by atoms with Gasteiger partial charge in [0, 0.05) is 5.56 Å². The maximum atomic E-state index is 12.4. The maximum absolute atomic E-state index is 12.4. The first-order valence-corrected chi connectivity index (χ1v) is 7.53. The van der Waals surface area contributed by atoms with Gasteiger partial charge in [0.2, 0.25) is 14.5 Å². The lowest BCUT2D eigenvalue weighted by Gasteiger charge is -2.09. The van der Waals surface area contributed by atoms with Gasteiger partial charge in [0.15, 0.2) is 0 Å². The van der Waals surface area contributed by atoms with Crippen molar-refractivity contribution >= 4 is 47.5 Å². The Hall–Kier alpha value is -0.770. The molecule has 1 rings (SSSR count). The summed E-state index contributed by atoms with van der Waals surface area (Å²) >= 11 is 11.0. The molecule has 0 radical (unpaired) electrons. The largest absolute Gasteiger partial charge is 0.502 e. The molecule has 0 heterocycles. The first-order chi connectivity index (χ1) is 8.48. The van der Waals surface area contributed by atoms with E-state index in [1.807, 2.05) is 0 Å². The van der Waals surface area contributed by atoms with Gasteiger partial charge in [0.25, 0.3) is 9.84 Å². The Morgan fingerprint density at radius 1 is 1.11 bits per heavy atom. The minimum Gasteiger partial charge on any atom is -0.213 e. The summed E-state index contributed by atoms with van der Waals surface area (Å²) in [6.45, 7) is 0. The lowest BCUT2D eigenvalue weighted by Crippen LogP contribution is -2.32. The molecule has 19 heavy (non-hydrogen) atoms. The van der Waals surface area contributed by atoms with Crippen molar-refractivity contribution < 1.29 is 30.0 Å². The highest BCUT2D eigenvalue weighted by atomic mass is 35.5. The fourth-order valence-corrected chi connectivity index (χ4v) is 3.33. The second kappa shape index (κ2) is 5.31. The highest BCUT2D eigenvalue weighted by Gasteiger charge is 2.50. The Bertz CT molecular complexity index is 743. The predicted molar refractivity (Wildman–Crippen MR) is 64.5 cm³/mol. The van der Waals surface area contributed by atoms with E-state index >= 15 is 0 Å². The Morgan fingerprint density at radius 3 is 2.00 bits per heavy atom. The molecule has 1 aromatic rings. The summed E-state index contributed by atoms with van der Waals surface area (Å²) in [5, 5.41) is -0.342. The second-order valence-corrected chi connectivity index (χ2v) is 6.93. The molecule has 0 fully saturated rings. The minimum atomic E-state index is -6.02. The number of sulfone groups is 1. The molecule has 4 nitrogen and oxygen atoms in total. The second-order valence-electron chi connectivity index (χ2n) is 3.10. The van der Waals surface area contributed by atoms with Crippen molar-refractivity contribution in [3.63, 3.8) is 0 Å². The number of hydrogen-bond donors (Lipinski definition) is 0. The van der Waals surface area contributed by atoms with Gasteiger partial charge in [-0.1, -0.05) is 29.3 Å². The fourth-order valence-electron chi connectivity index (χ4n) is 1.07. The van der Waals surface area contributed by atoms with E-state index in [1.165, 1.54) is 0 Å². The van der Waals surface area contributed by atoms with Gasteiger partial charge in [-0.2, -0.15) is 21.6 Å². The van der Waals surface area contributed by atoms with Crippen molar-refractivity contribution in [2.45, 2.75) is 5.51 Å². The number of rotatable bonds is 1. The molecule has 0 atom stereocenters. The SMILES string of the molecule is O=S(=O)=C(c1ccc(Cl)c(Cl)c1)S(=O)(=O)C(F)(F)F. The van der Waals surface area contributed by atoms with E-state index in [-0.39, 0.29) is 10.0 Å². The molecule has 0 spiro atoms. The van der Waals surface area contributed by atoms with E-state index in [0.29, 0.717) is 0 Å². The van der Waals surface area contributed by atoms with Crippen LogP contribution in [0.15, 0.2) is 18.2 Å². The number of alkyl halides is 3. The zero-order valence-corrected chi connectivity index (χ0v) is 11.7. The van der Waals surface area contributed by atoms with Gasteiger partial charge in [0.1, 0.15) is 0 Å². The van der Waals surface area contributed by atoms with Gasteiger partial charge in [-0.3, -0.25) is 0 Å². The molecule has 0 aliphatic carbocycles. The zero-order valence-electron chi connectivity index (χ0n) is 8.57. The summed E-state index contributed by atoms with van der Waals surface area (Å²) in [5.41, 5.74) is -6.46. The summed E-state index contributed by atoms with van der Waals surface area (Å²) < 4.78 is 79.2. The smallest absolute Gasteiger partial charge is 0.213 e. The van der Waals surface area contributed by atoms with Crippen LogP contribution < -0.4 is 0 Å². The van der Waals surface area contributed by atoms with Crippen LogP contribution in [0.2, 0.25) is 10.0 Å². The molecule has 0 unspecified atom stereocenters. The summed E-state index contributed by atoms with van der Waals surface area (Å²) in [7, 11) is -9.65. The van der Waals surface area contributed by atoms with Crippen LogP contribution in [0.3, 0.4) is 0 Å². The van der Waals surface area contributed by atoms with E-state index < -0.39 is 35.4 Å². The Kier molecular flexibility index (Phi) is 4.55. The average Bonchev–Trinajstić information content (AvgIpc) is 2.21. The molecule has 0 aromatic heterocycles. The highest BCUT2D eigenvalue weighted by Crippen LogP contribution is 2.29. The highest BCUT2D eigenvalue weighted by molar-refractivity contribution is 8.16. The molecule has 0 saturated carbocycles. The molecule has 1 aromatic carbocycles. The molecular formula is C8H3Cl2F3O4S2. The molecule has 106 valence electrons. The number of halogens is 5. The average molecular weight is 355 g/mol. The van der Waals surface area contributed by atoms with Crippen molar-refractivity contribution in [3.8, 4) is 0 Å². The van der Waals surface area contributed by atoms with E-state index in [1.54, 1.807) is 0 Å². The molecule has 0 N–H and O–H groups in total. The van der Waals surface area contributed by atoms with Crippen LogP contribution in [-0.4, -0.2) is 26.5 Å². The van der Waals surface area contributed by atoms with Crippen molar-refractivity contribution in [3.05, 3.63) is 33.8 Å². The van der Waals surface area contributed by atoms with Crippen LogP contribution in [0, 0.1) is 0 Å². The van der Waals surface area contributed by atoms with Gasteiger partial charge >= 0.3 is 5.51 Å². The molecule has 0 aliphatic heterocycles. The fraction of sp³-hybridized carbons (Fsp3) is 0.125. The van der Waals surface area contributed by atoms with Gasteiger partial charge < -0.3 is 0 Å². The molecule has 11 heteroatoms. The molecular weight excluding hydrogens is 352 g/mol. The van der Waals surface area contributed by atoms with Crippen LogP contribution in [-0.2, 0) is 20.1 Å². The van der Waals surface area contributed by atoms with Crippen molar-refractivity contribution in [1.82, 2.24) is 0 Å².